The van der Waals surface area contributed by atoms with Gasteiger partial charge in [0.1, 0.15) is 0 Å². The molecule has 0 unspecified atom stereocenters. The number of allylic oxidation sites excluding steroid dienone is 2. The van der Waals surface area contributed by atoms with E-state index in [-0.39, 0.29) is 0 Å². The summed E-state index contributed by atoms with van der Waals surface area (Å²) in [6, 6.07) is 7.46. The van der Waals surface area contributed by atoms with Gasteiger partial charge in [-0.25, -0.2) is 0 Å². The van der Waals surface area contributed by atoms with Crippen LogP contribution in [0.15, 0.2) is 42.5 Å². The molecule has 0 aliphatic heterocycles. The zero-order chi connectivity index (χ0) is 39.5. The molecule has 0 bridgehead atoms. The van der Waals surface area contributed by atoms with E-state index in [0.717, 1.165) is 44.1 Å². The van der Waals surface area contributed by atoms with Crippen molar-refractivity contribution in [2.45, 2.75) is 253 Å². The third-order valence-corrected chi connectivity index (χ3v) is 12.3. The number of hydrogen-bond acceptors (Lipinski definition) is 1. The highest BCUT2D eigenvalue weighted by Crippen LogP contribution is 2.28. The summed E-state index contributed by atoms with van der Waals surface area (Å²) < 4.78 is 0. The predicted octanol–water partition coefficient (Wildman–Crippen LogP) is 17.7. The Hall–Kier alpha value is -1.34. The summed E-state index contributed by atoms with van der Waals surface area (Å²) in [4.78, 5) is 2.31. The zero-order valence-electron chi connectivity index (χ0n) is 38.0. The van der Waals surface area contributed by atoms with Gasteiger partial charge in [0, 0.05) is 6.54 Å². The zero-order valence-corrected chi connectivity index (χ0v) is 38.0. The standard InChI is InChI=1S/C53H97N/c1-9-13-17-21-25-33-49(34-26-22-18-14-10-2)37-29-31-47(5)39-41-51-43-52(45-53(44-51)46-54(7)8)42-40-48(6)32-30-38-50(35-27-23-19-15-11-3)36-28-24-20-16-12-4/h43-45,49-50H,5-6,9-42,46H2,1-4,7-8H3. The molecule has 0 aliphatic rings. The van der Waals surface area contributed by atoms with Crippen LogP contribution in [0.1, 0.15) is 250 Å². The van der Waals surface area contributed by atoms with Gasteiger partial charge in [0.2, 0.25) is 0 Å². The van der Waals surface area contributed by atoms with Crippen LogP contribution in [0.3, 0.4) is 0 Å². The lowest BCUT2D eigenvalue weighted by atomic mass is 9.88. The molecule has 0 amide bonds. The van der Waals surface area contributed by atoms with Crippen LogP contribution >= 0.6 is 0 Å². The molecule has 1 rings (SSSR count). The number of benzene rings is 1. The van der Waals surface area contributed by atoms with Gasteiger partial charge >= 0.3 is 0 Å². The van der Waals surface area contributed by atoms with Crippen LogP contribution in [-0.4, -0.2) is 19.0 Å². The molecule has 1 aromatic rings. The molecule has 0 aliphatic carbocycles. The molecule has 1 heteroatoms. The van der Waals surface area contributed by atoms with Crippen LogP contribution in [0.5, 0.6) is 0 Å². The number of rotatable bonds is 40. The minimum Gasteiger partial charge on any atom is -0.305 e. The lowest BCUT2D eigenvalue weighted by molar-refractivity contribution is 0.372. The van der Waals surface area contributed by atoms with Crippen molar-refractivity contribution in [2.24, 2.45) is 11.8 Å². The molecule has 0 fully saturated rings. The summed E-state index contributed by atoms with van der Waals surface area (Å²) in [5, 5.41) is 0. The summed E-state index contributed by atoms with van der Waals surface area (Å²) in [7, 11) is 4.40. The molecule has 0 N–H and O–H groups in total. The van der Waals surface area contributed by atoms with Gasteiger partial charge in [0.05, 0.1) is 0 Å². The number of aryl methyl sites for hydroxylation is 2. The van der Waals surface area contributed by atoms with Gasteiger partial charge in [-0.3, -0.25) is 0 Å². The third kappa shape index (κ3) is 29.9. The summed E-state index contributed by atoms with van der Waals surface area (Å²) in [6.45, 7) is 19.5. The highest BCUT2D eigenvalue weighted by atomic mass is 15.0. The van der Waals surface area contributed by atoms with Crippen molar-refractivity contribution in [2.75, 3.05) is 14.1 Å². The van der Waals surface area contributed by atoms with Crippen molar-refractivity contribution in [3.63, 3.8) is 0 Å². The molecule has 0 atom stereocenters. The maximum atomic E-state index is 4.59. The topological polar surface area (TPSA) is 3.24 Å². The van der Waals surface area contributed by atoms with Gasteiger partial charge in [0.25, 0.3) is 0 Å². The van der Waals surface area contributed by atoms with E-state index in [1.54, 1.807) is 0 Å². The molecule has 0 aromatic heterocycles. The molecule has 1 aromatic carbocycles. The predicted molar refractivity (Wildman–Crippen MR) is 247 cm³/mol. The Labute approximate surface area is 341 Å². The molecule has 0 radical (unpaired) electrons. The quantitative estimate of drug-likeness (QED) is 0.0477. The van der Waals surface area contributed by atoms with Crippen molar-refractivity contribution >= 4 is 0 Å². The van der Waals surface area contributed by atoms with E-state index in [2.05, 4.69) is 78.0 Å². The Morgan fingerprint density at radius 2 is 0.704 bits per heavy atom. The second-order valence-corrected chi connectivity index (χ2v) is 18.2. The molecular weight excluding hydrogens is 651 g/mol. The second kappa shape index (κ2) is 36.0. The minimum atomic E-state index is 0.933. The van der Waals surface area contributed by atoms with Crippen LogP contribution in [-0.2, 0) is 19.4 Å². The monoisotopic (exact) mass is 748 g/mol. The van der Waals surface area contributed by atoms with Crippen LogP contribution in [0.2, 0.25) is 0 Å². The fraction of sp³-hybridized carbons (Fsp3) is 0.811. The van der Waals surface area contributed by atoms with Crippen LogP contribution in [0, 0.1) is 11.8 Å². The lowest BCUT2D eigenvalue weighted by Gasteiger charge is -2.18. The van der Waals surface area contributed by atoms with Gasteiger partial charge in [-0.15, -0.1) is 0 Å². The Kier molecular flexibility index (Phi) is 33.8. The van der Waals surface area contributed by atoms with Crippen molar-refractivity contribution < 1.29 is 0 Å². The van der Waals surface area contributed by atoms with Crippen molar-refractivity contribution in [3.05, 3.63) is 59.2 Å². The summed E-state index contributed by atoms with van der Waals surface area (Å²) in [6.07, 6.45) is 46.6. The first kappa shape index (κ1) is 50.7. The van der Waals surface area contributed by atoms with Gasteiger partial charge in [-0.2, -0.15) is 0 Å². The highest BCUT2D eigenvalue weighted by Gasteiger charge is 2.12. The molecule has 54 heavy (non-hydrogen) atoms. The minimum absolute atomic E-state index is 0.933. The molecule has 314 valence electrons. The molecular formula is C53H97N. The SMILES string of the molecule is C=C(CCCC(CCCCCCC)CCCCCCC)CCc1cc(CCC(=C)CCCC(CCCCCCC)CCCCCCC)cc(CN(C)C)c1. The van der Waals surface area contributed by atoms with Crippen LogP contribution < -0.4 is 0 Å². The fourth-order valence-corrected chi connectivity index (χ4v) is 8.77. The normalized spacial score (nSPS) is 11.8. The third-order valence-electron chi connectivity index (χ3n) is 12.3. The molecule has 0 saturated carbocycles. The van der Waals surface area contributed by atoms with Crippen LogP contribution in [0.4, 0.5) is 0 Å². The maximum absolute atomic E-state index is 4.59. The van der Waals surface area contributed by atoms with Gasteiger partial charge in [-0.1, -0.05) is 237 Å². The first-order valence-electron chi connectivity index (χ1n) is 24.4. The summed E-state index contributed by atoms with van der Waals surface area (Å²) in [5.74, 6) is 1.87. The van der Waals surface area contributed by atoms with E-state index in [9.17, 15) is 0 Å². The van der Waals surface area contributed by atoms with E-state index >= 15 is 0 Å². The lowest BCUT2D eigenvalue weighted by Crippen LogP contribution is -2.11. The molecule has 0 saturated heterocycles. The average Bonchev–Trinajstić information content (AvgIpc) is 3.15. The smallest absolute Gasteiger partial charge is 0.0227 e. The number of hydrogen-bond donors (Lipinski definition) is 0. The van der Waals surface area contributed by atoms with Gasteiger partial charge in [-0.05, 0) is 94.0 Å². The molecule has 0 heterocycles. The first-order valence-corrected chi connectivity index (χ1v) is 24.4. The summed E-state index contributed by atoms with van der Waals surface area (Å²) in [5.41, 5.74) is 7.41. The summed E-state index contributed by atoms with van der Waals surface area (Å²) >= 11 is 0. The average molecular weight is 748 g/mol. The Bertz CT molecular complexity index is 902. The molecule has 1 nitrogen and oxygen atoms in total. The van der Waals surface area contributed by atoms with Gasteiger partial charge in [0.15, 0.2) is 0 Å². The van der Waals surface area contributed by atoms with E-state index in [1.807, 2.05) is 0 Å². The second-order valence-electron chi connectivity index (χ2n) is 18.2. The van der Waals surface area contributed by atoms with E-state index in [4.69, 9.17) is 0 Å². The maximum Gasteiger partial charge on any atom is 0.0227 e. The molecule has 0 spiro atoms. The number of unbranched alkanes of at least 4 members (excludes halogenated alkanes) is 16. The van der Waals surface area contributed by atoms with E-state index in [0.29, 0.717) is 0 Å². The van der Waals surface area contributed by atoms with Crippen molar-refractivity contribution in [1.29, 1.82) is 0 Å². The van der Waals surface area contributed by atoms with E-state index < -0.39 is 0 Å². The largest absolute Gasteiger partial charge is 0.305 e. The highest BCUT2D eigenvalue weighted by molar-refractivity contribution is 5.31. The Morgan fingerprint density at radius 1 is 0.407 bits per heavy atom. The fourth-order valence-electron chi connectivity index (χ4n) is 8.77. The Morgan fingerprint density at radius 3 is 1.02 bits per heavy atom. The van der Waals surface area contributed by atoms with Gasteiger partial charge < -0.3 is 4.90 Å². The van der Waals surface area contributed by atoms with Crippen molar-refractivity contribution in [3.8, 4) is 0 Å². The number of nitrogens with zero attached hydrogens (tertiary/aromatic N) is 1. The van der Waals surface area contributed by atoms with E-state index in [1.165, 1.54) is 220 Å². The van der Waals surface area contributed by atoms with Crippen LogP contribution in [0.25, 0.3) is 0 Å². The Balaban J connectivity index is 2.61. The first-order chi connectivity index (χ1) is 26.3. The van der Waals surface area contributed by atoms with Crippen molar-refractivity contribution in [1.82, 2.24) is 4.90 Å².